The summed E-state index contributed by atoms with van der Waals surface area (Å²) < 4.78 is 5.52. The summed E-state index contributed by atoms with van der Waals surface area (Å²) >= 11 is 0. The number of carbonyl (C=O) groups excluding carboxylic acids is 1. The van der Waals surface area contributed by atoms with Crippen LogP contribution in [-0.4, -0.2) is 36.6 Å². The van der Waals surface area contributed by atoms with Crippen LogP contribution in [0.25, 0.3) is 0 Å². The molecule has 1 amide bonds. The maximum Gasteiger partial charge on any atom is 0.253 e. The minimum Gasteiger partial charge on any atom is -0.377 e. The smallest absolute Gasteiger partial charge is 0.253 e. The largest absolute Gasteiger partial charge is 0.377 e. The second-order valence-electron chi connectivity index (χ2n) is 4.48. The molecule has 1 unspecified atom stereocenters. The predicted octanol–water partition coefficient (Wildman–Crippen LogP) is 1.81. The molecule has 94 valence electrons. The second-order valence-corrected chi connectivity index (χ2v) is 4.48. The third-order valence-electron chi connectivity index (χ3n) is 2.98. The fraction of sp³-hybridized carbons (Fsp3) is 0.429. The van der Waals surface area contributed by atoms with Gasteiger partial charge in [-0.25, -0.2) is 0 Å². The quantitative estimate of drug-likeness (QED) is 0.757. The van der Waals surface area contributed by atoms with Gasteiger partial charge < -0.3 is 9.64 Å². The summed E-state index contributed by atoms with van der Waals surface area (Å²) in [6, 6.07) is 8.88. The van der Waals surface area contributed by atoms with Crippen molar-refractivity contribution >= 4 is 5.91 Å². The summed E-state index contributed by atoms with van der Waals surface area (Å²) in [6.07, 6.45) is 0.921. The van der Waals surface area contributed by atoms with E-state index in [1.54, 1.807) is 29.2 Å². The van der Waals surface area contributed by atoms with Gasteiger partial charge in [-0.3, -0.25) is 4.79 Å². The highest BCUT2D eigenvalue weighted by Gasteiger charge is 2.21. The number of hydrogen-bond donors (Lipinski definition) is 0. The lowest BCUT2D eigenvalue weighted by Gasteiger charge is -2.22. The van der Waals surface area contributed by atoms with E-state index in [9.17, 15) is 4.79 Å². The van der Waals surface area contributed by atoms with Crippen molar-refractivity contribution in [3.63, 3.8) is 0 Å². The van der Waals surface area contributed by atoms with Gasteiger partial charge in [0, 0.05) is 25.3 Å². The van der Waals surface area contributed by atoms with Gasteiger partial charge >= 0.3 is 0 Å². The molecular weight excluding hydrogens is 228 g/mol. The summed E-state index contributed by atoms with van der Waals surface area (Å²) in [7, 11) is 0. The van der Waals surface area contributed by atoms with Crippen LogP contribution in [-0.2, 0) is 4.74 Å². The highest BCUT2D eigenvalue weighted by atomic mass is 16.5. The standard InChI is InChI=1S/C14H16N2O2/c1-11-10-16(6-3-7-18-11)14(17)13-5-2-4-12(8-13)9-15/h2,4-5,8,11H,3,6-7,10H2,1H3. The van der Waals surface area contributed by atoms with Gasteiger partial charge in [0.2, 0.25) is 0 Å². The van der Waals surface area contributed by atoms with Crippen molar-refractivity contribution in [3.05, 3.63) is 35.4 Å². The molecule has 18 heavy (non-hydrogen) atoms. The molecule has 0 N–H and O–H groups in total. The van der Waals surface area contributed by atoms with Crippen LogP contribution < -0.4 is 0 Å². The molecule has 1 aromatic carbocycles. The fourth-order valence-electron chi connectivity index (χ4n) is 2.08. The SMILES string of the molecule is CC1CN(C(=O)c2cccc(C#N)c2)CCCO1. The Morgan fingerprint density at radius 2 is 2.39 bits per heavy atom. The summed E-state index contributed by atoms with van der Waals surface area (Å²) in [5.74, 6) is -0.0237. The van der Waals surface area contributed by atoms with E-state index in [0.29, 0.717) is 30.8 Å². The molecule has 0 aliphatic carbocycles. The number of ether oxygens (including phenoxy) is 1. The minimum atomic E-state index is -0.0237. The molecule has 1 aromatic rings. The van der Waals surface area contributed by atoms with Gasteiger partial charge in [-0.05, 0) is 31.5 Å². The van der Waals surface area contributed by atoms with E-state index in [2.05, 4.69) is 6.07 Å². The zero-order valence-corrected chi connectivity index (χ0v) is 10.4. The van der Waals surface area contributed by atoms with E-state index < -0.39 is 0 Å². The first-order valence-electron chi connectivity index (χ1n) is 6.12. The highest BCUT2D eigenvalue weighted by molar-refractivity contribution is 5.94. The molecule has 0 aromatic heterocycles. The van der Waals surface area contributed by atoms with Crippen LogP contribution in [0.2, 0.25) is 0 Å². The lowest BCUT2D eigenvalue weighted by atomic mass is 10.1. The van der Waals surface area contributed by atoms with Crippen molar-refractivity contribution in [1.29, 1.82) is 5.26 Å². The highest BCUT2D eigenvalue weighted by Crippen LogP contribution is 2.12. The third-order valence-corrected chi connectivity index (χ3v) is 2.98. The molecule has 2 rings (SSSR count). The molecule has 4 heteroatoms. The van der Waals surface area contributed by atoms with Gasteiger partial charge in [0.1, 0.15) is 0 Å². The van der Waals surface area contributed by atoms with Crippen LogP contribution in [0.4, 0.5) is 0 Å². The molecule has 0 spiro atoms. The van der Waals surface area contributed by atoms with Crippen molar-refractivity contribution in [1.82, 2.24) is 4.90 Å². The van der Waals surface area contributed by atoms with Gasteiger partial charge in [0.15, 0.2) is 0 Å². The average molecular weight is 244 g/mol. The lowest BCUT2D eigenvalue weighted by Crippen LogP contribution is -2.35. The Hall–Kier alpha value is -1.86. The van der Waals surface area contributed by atoms with Crippen molar-refractivity contribution in [2.24, 2.45) is 0 Å². The maximum atomic E-state index is 12.3. The normalized spacial score (nSPS) is 20.0. The van der Waals surface area contributed by atoms with Crippen molar-refractivity contribution < 1.29 is 9.53 Å². The van der Waals surface area contributed by atoms with Crippen molar-refractivity contribution in [2.45, 2.75) is 19.4 Å². The molecular formula is C14H16N2O2. The van der Waals surface area contributed by atoms with Gasteiger partial charge in [-0.2, -0.15) is 5.26 Å². The second kappa shape index (κ2) is 5.65. The monoisotopic (exact) mass is 244 g/mol. The lowest BCUT2D eigenvalue weighted by molar-refractivity contribution is 0.0562. The van der Waals surface area contributed by atoms with Gasteiger partial charge in [-0.15, -0.1) is 0 Å². The van der Waals surface area contributed by atoms with Crippen LogP contribution >= 0.6 is 0 Å². The predicted molar refractivity (Wildman–Crippen MR) is 67.1 cm³/mol. The van der Waals surface area contributed by atoms with E-state index in [0.717, 1.165) is 6.42 Å². The molecule has 4 nitrogen and oxygen atoms in total. The Bertz CT molecular complexity index is 479. The van der Waals surface area contributed by atoms with E-state index in [4.69, 9.17) is 10.00 Å². The van der Waals surface area contributed by atoms with Gasteiger partial charge in [0.25, 0.3) is 5.91 Å². The van der Waals surface area contributed by atoms with E-state index in [1.165, 1.54) is 0 Å². The average Bonchev–Trinajstić information content (AvgIpc) is 2.62. The Morgan fingerprint density at radius 1 is 1.56 bits per heavy atom. The Kier molecular flexibility index (Phi) is 3.96. The Morgan fingerprint density at radius 3 is 3.17 bits per heavy atom. The zero-order chi connectivity index (χ0) is 13.0. The summed E-state index contributed by atoms with van der Waals surface area (Å²) in [5.41, 5.74) is 1.09. The number of rotatable bonds is 1. The van der Waals surface area contributed by atoms with Crippen molar-refractivity contribution in [3.8, 4) is 6.07 Å². The summed E-state index contributed by atoms with van der Waals surface area (Å²) in [4.78, 5) is 14.1. The molecule has 1 heterocycles. The molecule has 1 aliphatic heterocycles. The topological polar surface area (TPSA) is 53.3 Å². The molecule has 1 fully saturated rings. The van der Waals surface area contributed by atoms with E-state index >= 15 is 0 Å². The first kappa shape index (κ1) is 12.6. The van der Waals surface area contributed by atoms with E-state index in [-0.39, 0.29) is 12.0 Å². The van der Waals surface area contributed by atoms with Gasteiger partial charge in [-0.1, -0.05) is 6.07 Å². The Balaban J connectivity index is 2.16. The van der Waals surface area contributed by atoms with Crippen LogP contribution in [0.1, 0.15) is 29.3 Å². The van der Waals surface area contributed by atoms with Crippen LogP contribution in [0.3, 0.4) is 0 Å². The molecule has 1 saturated heterocycles. The first-order valence-corrected chi connectivity index (χ1v) is 6.12. The molecule has 0 radical (unpaired) electrons. The number of nitrogens with zero attached hydrogens (tertiary/aromatic N) is 2. The zero-order valence-electron chi connectivity index (χ0n) is 10.4. The molecule has 1 atom stereocenters. The number of hydrogen-bond acceptors (Lipinski definition) is 3. The third kappa shape index (κ3) is 2.88. The molecule has 1 aliphatic rings. The van der Waals surface area contributed by atoms with E-state index in [1.807, 2.05) is 6.92 Å². The molecule has 0 bridgehead atoms. The van der Waals surface area contributed by atoms with Crippen LogP contribution in [0.5, 0.6) is 0 Å². The van der Waals surface area contributed by atoms with Crippen LogP contribution in [0, 0.1) is 11.3 Å². The summed E-state index contributed by atoms with van der Waals surface area (Å²) in [6.45, 7) is 3.98. The fourth-order valence-corrected chi connectivity index (χ4v) is 2.08. The van der Waals surface area contributed by atoms with Crippen LogP contribution in [0.15, 0.2) is 24.3 Å². The Labute approximate surface area is 107 Å². The van der Waals surface area contributed by atoms with Gasteiger partial charge in [0.05, 0.1) is 17.7 Å². The summed E-state index contributed by atoms with van der Waals surface area (Å²) in [5, 5.41) is 8.85. The number of amides is 1. The minimum absolute atomic E-state index is 0.0237. The molecule has 0 saturated carbocycles. The first-order chi connectivity index (χ1) is 8.70. The number of benzene rings is 1. The maximum absolute atomic E-state index is 12.3. The van der Waals surface area contributed by atoms with Crippen molar-refractivity contribution in [2.75, 3.05) is 19.7 Å². The number of carbonyl (C=O) groups is 1. The number of nitriles is 1.